The number of phenols is 1. The highest BCUT2D eigenvalue weighted by atomic mass is 79.9. The van der Waals surface area contributed by atoms with Crippen LogP contribution in [0.25, 0.3) is 0 Å². The molecule has 0 unspecified atom stereocenters. The van der Waals surface area contributed by atoms with E-state index < -0.39 is 11.8 Å². The third-order valence-electron chi connectivity index (χ3n) is 4.83. The topological polar surface area (TPSA) is 110 Å². The van der Waals surface area contributed by atoms with Crippen LogP contribution in [0.2, 0.25) is 5.02 Å². The number of methoxy groups -OCH3 is 1. The first-order valence-electron chi connectivity index (χ1n) is 10.3. The number of phenolic OH excluding ortho intramolecular Hbond substituents is 1. The normalized spacial score (nSPS) is 12.8. The molecule has 1 aliphatic rings. The zero-order valence-electron chi connectivity index (χ0n) is 18.6. The summed E-state index contributed by atoms with van der Waals surface area (Å²) in [6.45, 7) is 1.32. The number of carbonyl (C=O) groups excluding carboxylic acids is 1. The largest absolute Gasteiger partial charge is 0.506 e. The van der Waals surface area contributed by atoms with Crippen LogP contribution in [-0.2, 0) is 22.6 Å². The van der Waals surface area contributed by atoms with Crippen LogP contribution in [-0.4, -0.2) is 33.3 Å². The molecule has 2 heterocycles. The molecule has 0 saturated carbocycles. The molecule has 0 aliphatic carbocycles. The minimum Gasteiger partial charge on any atom is -0.506 e. The molecule has 0 amide bonds. The number of esters is 1. The molecule has 36 heavy (non-hydrogen) atoms. The highest BCUT2D eigenvalue weighted by Gasteiger charge is 2.15. The van der Waals surface area contributed by atoms with Gasteiger partial charge in [-0.3, -0.25) is 14.3 Å². The Morgan fingerprint density at radius 3 is 2.53 bits per heavy atom. The Kier molecular flexibility index (Phi) is 10.2. The Labute approximate surface area is 235 Å². The third kappa shape index (κ3) is 7.01. The van der Waals surface area contributed by atoms with Gasteiger partial charge in [-0.1, -0.05) is 11.6 Å². The van der Waals surface area contributed by atoms with Gasteiger partial charge in [-0.25, -0.2) is 14.1 Å². The predicted molar refractivity (Wildman–Crippen MR) is 143 cm³/mol. The first kappa shape index (κ1) is 28.5. The fourth-order valence-electron chi connectivity index (χ4n) is 3.06. The van der Waals surface area contributed by atoms with E-state index in [0.29, 0.717) is 37.3 Å². The van der Waals surface area contributed by atoms with Crippen LogP contribution in [0.4, 0.5) is 10.1 Å². The van der Waals surface area contributed by atoms with Crippen molar-refractivity contribution in [3.05, 3.63) is 64.1 Å². The number of thioether (sulfide) groups is 1. The van der Waals surface area contributed by atoms with Crippen LogP contribution in [0.3, 0.4) is 0 Å². The van der Waals surface area contributed by atoms with Gasteiger partial charge in [0.15, 0.2) is 0 Å². The van der Waals surface area contributed by atoms with Gasteiger partial charge in [-0.05, 0) is 80.3 Å². The lowest BCUT2D eigenvalue weighted by molar-refractivity contribution is -0.137. The average molecular weight is 681 g/mol. The van der Waals surface area contributed by atoms with E-state index in [-0.39, 0.29) is 27.1 Å². The molecule has 3 aromatic rings. The Balaban J connectivity index is 0.000000275. The number of nitrogens with zero attached hydrogens (tertiary/aromatic N) is 4. The molecule has 8 nitrogen and oxygen atoms in total. The van der Waals surface area contributed by atoms with Gasteiger partial charge >= 0.3 is 10.8 Å². The number of aromatic hydroxyl groups is 1. The Morgan fingerprint density at radius 2 is 1.92 bits per heavy atom. The van der Waals surface area contributed by atoms with E-state index in [1.165, 1.54) is 13.2 Å². The molecule has 0 bridgehead atoms. The van der Waals surface area contributed by atoms with Crippen molar-refractivity contribution in [3.8, 4) is 11.8 Å². The molecule has 0 fully saturated rings. The number of ether oxygens (including phenoxy) is 1. The van der Waals surface area contributed by atoms with Gasteiger partial charge in [0.05, 0.1) is 38.5 Å². The molecule has 1 aromatic heterocycles. The van der Waals surface area contributed by atoms with Crippen molar-refractivity contribution in [2.75, 3.05) is 12.9 Å². The highest BCUT2D eigenvalue weighted by molar-refractivity contribution is 9.11. The second kappa shape index (κ2) is 12.9. The van der Waals surface area contributed by atoms with E-state index in [1.807, 2.05) is 6.07 Å². The van der Waals surface area contributed by atoms with Crippen LogP contribution >= 0.6 is 66.6 Å². The van der Waals surface area contributed by atoms with Gasteiger partial charge < -0.3 is 9.84 Å². The zero-order chi connectivity index (χ0) is 26.4. The molecule has 0 atom stereocenters. The number of hydrogen-bond acceptors (Lipinski definition) is 8. The summed E-state index contributed by atoms with van der Waals surface area (Å²) in [5.74, 6) is -0.808. The maximum atomic E-state index is 14.3. The Hall–Kier alpha value is -2.11. The number of aromatic nitrogens is 2. The number of fused-ring (bicyclic) bond motifs is 1. The lowest BCUT2D eigenvalue weighted by Crippen LogP contribution is -2.31. The minimum absolute atomic E-state index is 0.0605. The fraction of sp³-hybridized carbons (Fsp3) is 0.273. The number of hydrogen-bond donors (Lipinski definition) is 1. The summed E-state index contributed by atoms with van der Waals surface area (Å²) < 4.78 is 23.3. The minimum atomic E-state index is -0.580. The maximum absolute atomic E-state index is 14.3. The van der Waals surface area contributed by atoms with Crippen molar-refractivity contribution in [1.82, 2.24) is 9.36 Å². The van der Waals surface area contributed by atoms with Gasteiger partial charge in [-0.15, -0.1) is 11.8 Å². The molecular formula is C22H18Br2ClFN4O4S2. The summed E-state index contributed by atoms with van der Waals surface area (Å²) in [6, 6.07) is 7.72. The summed E-state index contributed by atoms with van der Waals surface area (Å²) in [5.41, 5.74) is 0.584. The van der Waals surface area contributed by atoms with Gasteiger partial charge in [0.1, 0.15) is 17.3 Å². The Morgan fingerprint density at radius 1 is 1.28 bits per heavy atom. The van der Waals surface area contributed by atoms with Gasteiger partial charge in [0, 0.05) is 18.0 Å². The van der Waals surface area contributed by atoms with Gasteiger partial charge in [0.2, 0.25) is 4.80 Å². The summed E-state index contributed by atoms with van der Waals surface area (Å²) in [4.78, 5) is 28.5. The molecule has 1 N–H and O–H groups in total. The molecule has 1 aliphatic heterocycles. The molecule has 2 aromatic carbocycles. The first-order chi connectivity index (χ1) is 17.1. The molecule has 0 radical (unpaired) electrons. The zero-order valence-corrected chi connectivity index (χ0v) is 24.2. The van der Waals surface area contributed by atoms with Gasteiger partial charge in [0.25, 0.3) is 0 Å². The highest BCUT2D eigenvalue weighted by Crippen LogP contribution is 2.34. The second-order valence-electron chi connectivity index (χ2n) is 7.21. The van der Waals surface area contributed by atoms with Crippen LogP contribution in [0, 0.1) is 17.1 Å². The second-order valence-corrected chi connectivity index (χ2v) is 11.3. The number of benzene rings is 2. The lowest BCUT2D eigenvalue weighted by Gasteiger charge is -2.15. The quantitative estimate of drug-likeness (QED) is 0.285. The summed E-state index contributed by atoms with van der Waals surface area (Å²) in [5, 5.41) is 17.9. The van der Waals surface area contributed by atoms with Crippen LogP contribution in [0.15, 0.2) is 47.9 Å². The van der Waals surface area contributed by atoms with E-state index in [2.05, 4.69) is 41.6 Å². The molecule has 0 saturated heterocycles. The van der Waals surface area contributed by atoms with Crippen molar-refractivity contribution in [2.24, 2.45) is 4.99 Å². The van der Waals surface area contributed by atoms with E-state index >= 15 is 0 Å². The van der Waals surface area contributed by atoms with Crippen molar-refractivity contribution in [3.63, 3.8) is 0 Å². The first-order valence-corrected chi connectivity index (χ1v) is 14.0. The fourth-order valence-corrected chi connectivity index (χ4v) is 6.23. The Bertz CT molecular complexity index is 1440. The molecule has 14 heteroatoms. The van der Waals surface area contributed by atoms with E-state index in [4.69, 9.17) is 16.9 Å². The van der Waals surface area contributed by atoms with Crippen LogP contribution in [0.1, 0.15) is 18.4 Å². The maximum Gasteiger partial charge on any atom is 0.325 e. The monoisotopic (exact) mass is 678 g/mol. The van der Waals surface area contributed by atoms with E-state index in [0.717, 1.165) is 42.0 Å². The standard InChI is InChI=1S/C15H15ClFN3O3S2.C7H3Br2NO/c1-23-13(21)8-24-12-7-11(10(17)6-9(12)16)18-14-19-4-2-3-5-20(19)15(22)25-14;8-5-1-4(3-10)2-6(9)7(5)11/h6-7H,2-5,8H2,1H3;1-2,11H. The SMILES string of the molecule is COC(=O)CSc1cc(N=c2sc(=O)n3n2CCCC3)c(F)cc1Cl.N#Cc1cc(Br)c(O)c(Br)c1. The smallest absolute Gasteiger partial charge is 0.325 e. The predicted octanol–water partition coefficient (Wildman–Crippen LogP) is 5.58. The summed E-state index contributed by atoms with van der Waals surface area (Å²) in [7, 11) is 1.30. The molecular weight excluding hydrogens is 663 g/mol. The number of carbonyl (C=O) groups is 1. The van der Waals surface area contributed by atoms with Crippen molar-refractivity contribution >= 4 is 78.2 Å². The molecule has 4 rings (SSSR count). The van der Waals surface area contributed by atoms with Crippen molar-refractivity contribution < 1.29 is 19.0 Å². The summed E-state index contributed by atoms with van der Waals surface area (Å²) in [6.07, 6.45) is 1.90. The third-order valence-corrected chi connectivity index (χ3v) is 8.36. The van der Waals surface area contributed by atoms with E-state index in [1.54, 1.807) is 21.5 Å². The van der Waals surface area contributed by atoms with E-state index in [9.17, 15) is 19.1 Å². The van der Waals surface area contributed by atoms with Gasteiger partial charge in [-0.2, -0.15) is 5.26 Å². The van der Waals surface area contributed by atoms with Crippen LogP contribution in [0.5, 0.6) is 5.75 Å². The number of nitriles is 1. The molecule has 190 valence electrons. The lowest BCUT2D eigenvalue weighted by atomic mass is 10.2. The number of halogens is 4. The van der Waals surface area contributed by atoms with Crippen LogP contribution < -0.4 is 9.67 Å². The summed E-state index contributed by atoms with van der Waals surface area (Å²) >= 11 is 14.4. The molecule has 0 spiro atoms. The average Bonchev–Trinajstić information content (AvgIpc) is 3.18. The van der Waals surface area contributed by atoms with Crippen molar-refractivity contribution in [1.29, 1.82) is 5.26 Å². The number of rotatable bonds is 4. The van der Waals surface area contributed by atoms with Crippen molar-refractivity contribution in [2.45, 2.75) is 30.8 Å².